The van der Waals surface area contributed by atoms with Gasteiger partial charge in [0.2, 0.25) is 0 Å². The summed E-state index contributed by atoms with van der Waals surface area (Å²) >= 11 is 0. The van der Waals surface area contributed by atoms with Crippen LogP contribution < -0.4 is 0 Å². The lowest BCUT2D eigenvalue weighted by Gasteiger charge is -3.45. The van der Waals surface area contributed by atoms with Crippen LogP contribution in [-0.2, 0) is 0 Å². The Morgan fingerprint density at radius 1 is 0.292 bits per heavy atom. The van der Waals surface area contributed by atoms with Crippen molar-refractivity contribution in [2.75, 3.05) is 0 Å². The van der Waals surface area contributed by atoms with Gasteiger partial charge in [-0.05, 0) is 204 Å². The van der Waals surface area contributed by atoms with Crippen molar-refractivity contribution < 1.29 is 0 Å². The second-order valence-corrected chi connectivity index (χ2v) is 28.3. The summed E-state index contributed by atoms with van der Waals surface area (Å²) in [5, 5.41) is 0. The van der Waals surface area contributed by atoms with Gasteiger partial charge in [-0.15, -0.1) is 0 Å². The SMILES string of the molecule is CC1C2CC3C4C5C6C7C8C9C%10C%11C%12CC%13C(C)C%14(C)C%13%12C%11%12C%14(C)C%11(C)C%13(C)C%14(C)C%15(C)C%16(C)C%17(C)C%18(C)C1(C)C23C4%18C5%17C6%16C7%15C8%14C9%13C%10%11%12. The van der Waals surface area contributed by atoms with Crippen LogP contribution in [0.25, 0.3) is 0 Å². The lowest BCUT2D eigenvalue weighted by atomic mass is 8.57. The predicted octanol–water partition coefficient (Wildman–Crippen LogP) is 8.66. The van der Waals surface area contributed by atoms with E-state index in [1.165, 1.54) is 59.2 Å². The van der Waals surface area contributed by atoms with Crippen molar-refractivity contribution in [1.29, 1.82) is 0 Å². The summed E-state index contributed by atoms with van der Waals surface area (Å²) < 4.78 is 0. The molecule has 0 aliphatic heterocycles. The molecule has 0 heterocycles. The van der Waals surface area contributed by atoms with E-state index in [1.54, 1.807) is 12.8 Å². The minimum atomic E-state index is 0.608. The highest BCUT2D eigenvalue weighted by molar-refractivity contribution is 5.91. The lowest BCUT2D eigenvalue weighted by Crippen LogP contribution is -3.43. The van der Waals surface area contributed by atoms with Crippen LogP contribution in [0.5, 0.6) is 0 Å². The topological polar surface area (TPSA) is 0 Å². The Kier molecular flexibility index (Phi) is 1.72. The van der Waals surface area contributed by atoms with E-state index in [0.29, 0.717) is 54.1 Å². The normalized spacial score (nSPS) is 113. The lowest BCUT2D eigenvalue weighted by molar-refractivity contribution is -1.00. The summed E-state index contributed by atoms with van der Waals surface area (Å²) in [6.07, 6.45) is 3.35. The number of rotatable bonds is 0. The third-order valence-corrected chi connectivity index (χ3v) is 36.7. The Bertz CT molecular complexity index is 2170. The van der Waals surface area contributed by atoms with Crippen molar-refractivity contribution in [2.45, 2.75) is 95.9 Å². The third-order valence-electron chi connectivity index (χ3n) is 36.7. The zero-order valence-corrected chi connectivity index (χ0v) is 31.5. The molecule has 0 nitrogen and oxygen atoms in total. The molecule has 22 aliphatic rings. The summed E-state index contributed by atoms with van der Waals surface area (Å²) in [6.45, 7) is 36.2. The van der Waals surface area contributed by atoms with Crippen molar-refractivity contribution in [3.05, 3.63) is 0 Å². The molecule has 10 spiro atoms. The first-order chi connectivity index (χ1) is 22.5. The molecule has 0 heteroatoms. The molecule has 246 valence electrons. The molecule has 34 unspecified atom stereocenters. The molecule has 48 heavy (non-hydrogen) atoms. The highest BCUT2D eigenvalue weighted by Crippen LogP contribution is 3.48. The van der Waals surface area contributed by atoms with Gasteiger partial charge < -0.3 is 0 Å². The highest BCUT2D eigenvalue weighted by Gasteiger charge is 3.46. The van der Waals surface area contributed by atoms with Crippen molar-refractivity contribution in [1.82, 2.24) is 0 Å². The molecule has 22 rings (SSSR count). The Morgan fingerprint density at radius 2 is 0.542 bits per heavy atom. The molecule has 34 atom stereocenters. The molecular formula is C48H54. The van der Waals surface area contributed by atoms with Gasteiger partial charge in [0.05, 0.1) is 0 Å². The molecule has 0 aromatic rings. The Balaban J connectivity index is 0.867. The Labute approximate surface area is 286 Å². The van der Waals surface area contributed by atoms with Crippen LogP contribution in [0.1, 0.15) is 95.9 Å². The number of hydrogen-bond acceptors (Lipinski definition) is 0. The molecule has 0 amide bonds. The monoisotopic (exact) mass is 630 g/mol. The van der Waals surface area contributed by atoms with Gasteiger partial charge in [0, 0.05) is 0 Å². The molecule has 0 bridgehead atoms. The van der Waals surface area contributed by atoms with Gasteiger partial charge in [0.25, 0.3) is 0 Å². The fraction of sp³-hybridized carbons (Fsp3) is 1.00. The maximum absolute atomic E-state index is 3.13. The zero-order valence-electron chi connectivity index (χ0n) is 31.5. The van der Waals surface area contributed by atoms with Gasteiger partial charge in [0.1, 0.15) is 0 Å². The molecule has 0 saturated heterocycles. The van der Waals surface area contributed by atoms with E-state index in [2.05, 4.69) is 83.1 Å². The minimum absolute atomic E-state index is 0.608. The molecule has 0 radical (unpaired) electrons. The van der Waals surface area contributed by atoms with Crippen LogP contribution >= 0.6 is 0 Å². The molecule has 0 aromatic carbocycles. The largest absolute Gasteiger partial charge is 0.0617 e. The van der Waals surface area contributed by atoms with E-state index in [9.17, 15) is 0 Å². The average molecular weight is 631 g/mol. The Hall–Kier alpha value is 0. The predicted molar refractivity (Wildman–Crippen MR) is 175 cm³/mol. The second kappa shape index (κ2) is 3.70. The summed E-state index contributed by atoms with van der Waals surface area (Å²) in [7, 11) is 0. The zero-order chi connectivity index (χ0) is 31.5. The van der Waals surface area contributed by atoms with Crippen molar-refractivity contribution >= 4 is 0 Å². The summed E-state index contributed by atoms with van der Waals surface area (Å²) in [5.74, 6) is 16.4. The quantitative estimate of drug-likeness (QED) is 0.251. The van der Waals surface area contributed by atoms with Gasteiger partial charge in [0.15, 0.2) is 0 Å². The van der Waals surface area contributed by atoms with Gasteiger partial charge in [-0.1, -0.05) is 83.1 Å². The molecule has 22 aliphatic carbocycles. The fourth-order valence-corrected chi connectivity index (χ4v) is 41.1. The summed E-state index contributed by atoms with van der Waals surface area (Å²) in [4.78, 5) is 0. The van der Waals surface area contributed by atoms with E-state index < -0.39 is 0 Å². The van der Waals surface area contributed by atoms with Crippen LogP contribution in [0.2, 0.25) is 0 Å². The van der Waals surface area contributed by atoms with Crippen molar-refractivity contribution in [3.8, 4) is 0 Å². The van der Waals surface area contributed by atoms with Crippen LogP contribution in [0.15, 0.2) is 0 Å². The van der Waals surface area contributed by atoms with E-state index >= 15 is 0 Å². The van der Waals surface area contributed by atoms with Crippen molar-refractivity contribution in [3.63, 3.8) is 0 Å². The molecule has 0 N–H and O–H groups in total. The van der Waals surface area contributed by atoms with Crippen LogP contribution in [0.4, 0.5) is 0 Å². The van der Waals surface area contributed by atoms with Gasteiger partial charge in [-0.25, -0.2) is 0 Å². The van der Waals surface area contributed by atoms with Crippen LogP contribution in [0.3, 0.4) is 0 Å². The molecule has 22 saturated carbocycles. The number of hydrogen-bond donors (Lipinski definition) is 0. The Morgan fingerprint density at radius 3 is 0.854 bits per heavy atom. The van der Waals surface area contributed by atoms with Crippen LogP contribution in [-0.4, -0.2) is 0 Å². The highest BCUT2D eigenvalue weighted by atomic mass is 15.5. The smallest absolute Gasteiger partial charge is 0.00566 e. The van der Waals surface area contributed by atoms with Gasteiger partial charge in [-0.3, -0.25) is 0 Å². The van der Waals surface area contributed by atoms with Crippen LogP contribution in [0, 0.1) is 191 Å². The standard InChI is InChI=1S/C48H54/c1-15-17-13-19-21-23-25-27-28-26-24-22-20-14-18-16(2)30(4)32(6)34(8)36(10)38(12)37(11)35(9)33(7)31(5)29(15,3)39(17,19)41(21,31)43(23,33)45(25,35)47(27,37)48(28,38)46(26,36)44(24,34)42(22,32)40(18,20)30/h15-28H,13-14H2,1-12H3. The maximum atomic E-state index is 3.13. The number of fused-ring (bicyclic) bond motifs is 18. The van der Waals surface area contributed by atoms with E-state index in [0.717, 1.165) is 77.8 Å². The first kappa shape index (κ1) is 22.3. The summed E-state index contributed by atoms with van der Waals surface area (Å²) in [5.41, 5.74) is 14.7. The first-order valence-electron chi connectivity index (χ1n) is 22.5. The minimum Gasteiger partial charge on any atom is -0.0617 e. The van der Waals surface area contributed by atoms with E-state index in [1.807, 2.05) is 0 Å². The van der Waals surface area contributed by atoms with Gasteiger partial charge in [-0.2, -0.15) is 0 Å². The van der Waals surface area contributed by atoms with Crippen molar-refractivity contribution in [2.24, 2.45) is 191 Å². The van der Waals surface area contributed by atoms with Gasteiger partial charge >= 0.3 is 0 Å². The molecular weight excluding hydrogens is 577 g/mol. The second-order valence-electron chi connectivity index (χ2n) is 28.3. The van der Waals surface area contributed by atoms with E-state index in [4.69, 9.17) is 0 Å². The third kappa shape index (κ3) is 0.619. The fourth-order valence-electron chi connectivity index (χ4n) is 41.1. The first-order valence-corrected chi connectivity index (χ1v) is 22.5. The van der Waals surface area contributed by atoms with E-state index in [-0.39, 0.29) is 0 Å². The summed E-state index contributed by atoms with van der Waals surface area (Å²) in [6, 6.07) is 0. The molecule has 22 fully saturated rings. The maximum Gasteiger partial charge on any atom is -0.00566 e. The average Bonchev–Trinajstić information content (AvgIpc) is 3.01. The molecule has 0 aromatic heterocycles.